The second-order valence-electron chi connectivity index (χ2n) is 5.57. The number of amides is 1. The molecule has 1 amide bonds. The van der Waals surface area contributed by atoms with Gasteiger partial charge in [-0.25, -0.2) is 4.39 Å². The third-order valence-corrected chi connectivity index (χ3v) is 4.72. The Labute approximate surface area is 157 Å². The number of carbonyl (C=O) groups excluding carboxylic acids is 1. The summed E-state index contributed by atoms with van der Waals surface area (Å²) in [6.07, 6.45) is 0.954. The van der Waals surface area contributed by atoms with Crippen LogP contribution in [0.25, 0.3) is 0 Å². The lowest BCUT2D eigenvalue weighted by Crippen LogP contribution is -2.37. The van der Waals surface area contributed by atoms with Crippen molar-refractivity contribution in [3.63, 3.8) is 0 Å². The van der Waals surface area contributed by atoms with Crippen molar-refractivity contribution >= 4 is 23.6 Å². The SMILES string of the molecule is CN=C(NCCCSc1ccc(F)cc1)NCc1ccc(C(N)=O)cc1. The lowest BCUT2D eigenvalue weighted by atomic mass is 10.1. The fourth-order valence-corrected chi connectivity index (χ4v) is 3.05. The van der Waals surface area contributed by atoms with E-state index in [1.54, 1.807) is 43.1 Å². The number of halogens is 1. The summed E-state index contributed by atoms with van der Waals surface area (Å²) in [5, 5.41) is 6.48. The molecule has 0 aromatic heterocycles. The summed E-state index contributed by atoms with van der Waals surface area (Å²) in [7, 11) is 1.72. The van der Waals surface area contributed by atoms with Crippen LogP contribution in [0.15, 0.2) is 58.4 Å². The zero-order valence-corrected chi connectivity index (χ0v) is 15.5. The van der Waals surface area contributed by atoms with E-state index in [-0.39, 0.29) is 5.82 Å². The largest absolute Gasteiger partial charge is 0.366 e. The molecule has 0 saturated carbocycles. The highest BCUT2D eigenvalue weighted by Gasteiger charge is 2.02. The molecule has 0 bridgehead atoms. The van der Waals surface area contributed by atoms with E-state index in [1.165, 1.54) is 12.1 Å². The monoisotopic (exact) mass is 374 g/mol. The molecule has 2 rings (SSSR count). The minimum absolute atomic E-state index is 0.213. The zero-order valence-electron chi connectivity index (χ0n) is 14.7. The van der Waals surface area contributed by atoms with Gasteiger partial charge in [0.15, 0.2) is 5.96 Å². The Balaban J connectivity index is 1.65. The van der Waals surface area contributed by atoms with E-state index < -0.39 is 5.91 Å². The van der Waals surface area contributed by atoms with Crippen molar-refractivity contribution in [2.45, 2.75) is 17.9 Å². The number of aliphatic imine (C=N–C) groups is 1. The van der Waals surface area contributed by atoms with Gasteiger partial charge < -0.3 is 16.4 Å². The van der Waals surface area contributed by atoms with Crippen LogP contribution in [0.1, 0.15) is 22.3 Å². The topological polar surface area (TPSA) is 79.5 Å². The number of hydrogen-bond acceptors (Lipinski definition) is 3. The first-order valence-electron chi connectivity index (χ1n) is 8.30. The molecule has 7 heteroatoms. The van der Waals surface area contributed by atoms with Crippen LogP contribution in [0.2, 0.25) is 0 Å². The van der Waals surface area contributed by atoms with Gasteiger partial charge in [-0.05, 0) is 54.1 Å². The van der Waals surface area contributed by atoms with Crippen molar-refractivity contribution in [3.05, 3.63) is 65.5 Å². The van der Waals surface area contributed by atoms with Crippen LogP contribution in [-0.2, 0) is 6.54 Å². The first-order valence-corrected chi connectivity index (χ1v) is 9.28. The van der Waals surface area contributed by atoms with Gasteiger partial charge >= 0.3 is 0 Å². The quantitative estimate of drug-likeness (QED) is 0.287. The maximum atomic E-state index is 12.8. The zero-order chi connectivity index (χ0) is 18.8. The Morgan fingerprint density at radius 1 is 1.12 bits per heavy atom. The molecule has 0 radical (unpaired) electrons. The van der Waals surface area contributed by atoms with E-state index in [4.69, 9.17) is 5.73 Å². The van der Waals surface area contributed by atoms with E-state index >= 15 is 0 Å². The summed E-state index contributed by atoms with van der Waals surface area (Å²) in [4.78, 5) is 16.3. The first kappa shape index (κ1) is 19.8. The Morgan fingerprint density at radius 2 is 1.81 bits per heavy atom. The molecule has 0 unspecified atom stereocenters. The van der Waals surface area contributed by atoms with Crippen molar-refractivity contribution in [3.8, 4) is 0 Å². The molecule has 0 aliphatic carbocycles. The smallest absolute Gasteiger partial charge is 0.248 e. The summed E-state index contributed by atoms with van der Waals surface area (Å²) in [6.45, 7) is 1.39. The number of hydrogen-bond donors (Lipinski definition) is 3. The van der Waals surface area contributed by atoms with Crippen molar-refractivity contribution in [1.29, 1.82) is 0 Å². The van der Waals surface area contributed by atoms with Gasteiger partial charge in [-0.15, -0.1) is 11.8 Å². The minimum Gasteiger partial charge on any atom is -0.366 e. The molecule has 138 valence electrons. The number of primary amides is 1. The molecular weight excluding hydrogens is 351 g/mol. The number of nitrogens with two attached hydrogens (primary N) is 1. The summed E-state index contributed by atoms with van der Waals surface area (Å²) in [6, 6.07) is 13.7. The average molecular weight is 374 g/mol. The van der Waals surface area contributed by atoms with Crippen LogP contribution in [0.4, 0.5) is 4.39 Å². The van der Waals surface area contributed by atoms with Gasteiger partial charge in [0.25, 0.3) is 0 Å². The molecule has 5 nitrogen and oxygen atoms in total. The highest BCUT2D eigenvalue weighted by atomic mass is 32.2. The van der Waals surface area contributed by atoms with Crippen LogP contribution in [0.5, 0.6) is 0 Å². The van der Waals surface area contributed by atoms with Gasteiger partial charge in [0.05, 0.1) is 0 Å². The van der Waals surface area contributed by atoms with E-state index in [1.807, 2.05) is 12.1 Å². The molecular formula is C19H23FN4OS. The molecule has 0 saturated heterocycles. The maximum Gasteiger partial charge on any atom is 0.248 e. The van der Waals surface area contributed by atoms with E-state index in [0.717, 1.165) is 35.1 Å². The first-order chi connectivity index (χ1) is 12.6. The molecule has 2 aromatic carbocycles. The van der Waals surface area contributed by atoms with Crippen LogP contribution in [0.3, 0.4) is 0 Å². The number of guanidine groups is 1. The number of nitrogens with zero attached hydrogens (tertiary/aromatic N) is 1. The van der Waals surface area contributed by atoms with Crippen LogP contribution in [0, 0.1) is 5.82 Å². The number of thioether (sulfide) groups is 1. The van der Waals surface area contributed by atoms with E-state index in [9.17, 15) is 9.18 Å². The molecule has 0 fully saturated rings. The number of rotatable bonds is 8. The third kappa shape index (κ3) is 6.76. The summed E-state index contributed by atoms with van der Waals surface area (Å²) in [5.74, 6) is 1.01. The molecule has 4 N–H and O–H groups in total. The Morgan fingerprint density at radius 3 is 2.42 bits per heavy atom. The highest BCUT2D eigenvalue weighted by molar-refractivity contribution is 7.99. The number of benzene rings is 2. The van der Waals surface area contributed by atoms with Gasteiger partial charge in [-0.1, -0.05) is 12.1 Å². The average Bonchev–Trinajstić information content (AvgIpc) is 2.65. The summed E-state index contributed by atoms with van der Waals surface area (Å²) >= 11 is 1.70. The van der Waals surface area contributed by atoms with Gasteiger partial charge in [0.2, 0.25) is 5.91 Å². The van der Waals surface area contributed by atoms with Crippen LogP contribution in [-0.4, -0.2) is 31.2 Å². The van der Waals surface area contributed by atoms with E-state index in [2.05, 4.69) is 15.6 Å². The summed E-state index contributed by atoms with van der Waals surface area (Å²) in [5.41, 5.74) is 6.76. The normalized spacial score (nSPS) is 11.2. The molecule has 0 atom stereocenters. The summed E-state index contributed by atoms with van der Waals surface area (Å²) < 4.78 is 12.8. The Hall–Kier alpha value is -2.54. The molecule has 0 spiro atoms. The predicted octanol–water partition coefficient (Wildman–Crippen LogP) is 2.77. The third-order valence-electron chi connectivity index (χ3n) is 3.62. The maximum absolute atomic E-state index is 12.8. The van der Waals surface area contributed by atoms with Gasteiger partial charge in [0.1, 0.15) is 5.82 Å². The predicted molar refractivity (Wildman–Crippen MR) is 105 cm³/mol. The molecule has 0 aliphatic rings. The fraction of sp³-hybridized carbons (Fsp3) is 0.263. The van der Waals surface area contributed by atoms with Crippen LogP contribution < -0.4 is 16.4 Å². The lowest BCUT2D eigenvalue weighted by molar-refractivity contribution is 0.100. The van der Waals surface area contributed by atoms with Crippen molar-refractivity contribution in [1.82, 2.24) is 10.6 Å². The van der Waals surface area contributed by atoms with Crippen LogP contribution >= 0.6 is 11.8 Å². The van der Waals surface area contributed by atoms with Crippen molar-refractivity contribution < 1.29 is 9.18 Å². The molecule has 26 heavy (non-hydrogen) atoms. The van der Waals surface area contributed by atoms with E-state index in [0.29, 0.717) is 12.1 Å². The minimum atomic E-state index is -0.430. The molecule has 0 heterocycles. The molecule has 2 aromatic rings. The van der Waals surface area contributed by atoms with Gasteiger partial charge in [-0.2, -0.15) is 0 Å². The van der Waals surface area contributed by atoms with Crippen molar-refractivity contribution in [2.75, 3.05) is 19.3 Å². The Bertz CT molecular complexity index is 732. The second kappa shape index (κ2) is 10.5. The fourth-order valence-electron chi connectivity index (χ4n) is 2.19. The second-order valence-corrected chi connectivity index (χ2v) is 6.74. The number of nitrogens with one attached hydrogen (secondary N) is 2. The van der Waals surface area contributed by atoms with Gasteiger partial charge in [0, 0.05) is 30.6 Å². The van der Waals surface area contributed by atoms with Crippen molar-refractivity contribution in [2.24, 2.45) is 10.7 Å². The highest BCUT2D eigenvalue weighted by Crippen LogP contribution is 2.18. The van der Waals surface area contributed by atoms with Gasteiger partial charge in [-0.3, -0.25) is 9.79 Å². The standard InChI is InChI=1S/C19H23FN4OS/c1-22-19(24-13-14-3-5-15(6-4-14)18(21)25)23-11-2-12-26-17-9-7-16(20)8-10-17/h3-10H,2,11-13H2,1H3,(H2,21,25)(H2,22,23,24). The lowest BCUT2D eigenvalue weighted by Gasteiger charge is -2.12. The Kier molecular flexibility index (Phi) is 7.95. The molecule has 0 aliphatic heterocycles. The number of carbonyl (C=O) groups is 1.